The van der Waals surface area contributed by atoms with Crippen molar-refractivity contribution >= 4 is 22.4 Å². The van der Waals surface area contributed by atoms with E-state index in [0.717, 1.165) is 6.54 Å². The molecular formula is C13H22N4O2S. The van der Waals surface area contributed by atoms with E-state index in [0.29, 0.717) is 29.2 Å². The predicted octanol–water partition coefficient (Wildman–Crippen LogP) is 1.86. The van der Waals surface area contributed by atoms with Crippen molar-refractivity contribution in [3.63, 3.8) is 0 Å². The molecule has 0 saturated heterocycles. The maximum Gasteiger partial charge on any atom is 0.285 e. The van der Waals surface area contributed by atoms with E-state index in [2.05, 4.69) is 22.4 Å². The number of hydrogen-bond donors (Lipinski definition) is 1. The lowest BCUT2D eigenvalue weighted by Gasteiger charge is -2.28. The van der Waals surface area contributed by atoms with Gasteiger partial charge in [-0.3, -0.25) is 4.79 Å². The summed E-state index contributed by atoms with van der Waals surface area (Å²) < 4.78 is 5.11. The first-order valence-electron chi connectivity index (χ1n) is 7.04. The minimum absolute atomic E-state index is 0.0388. The number of amides is 1. The van der Waals surface area contributed by atoms with Gasteiger partial charge in [-0.05, 0) is 32.6 Å². The zero-order valence-electron chi connectivity index (χ0n) is 12.3. The van der Waals surface area contributed by atoms with Crippen molar-refractivity contribution in [1.82, 2.24) is 15.1 Å². The molecule has 0 aliphatic heterocycles. The lowest BCUT2D eigenvalue weighted by molar-refractivity contribution is 0.0593. The Morgan fingerprint density at radius 1 is 1.55 bits per heavy atom. The number of ether oxygens (including phenoxy) is 1. The van der Waals surface area contributed by atoms with E-state index in [-0.39, 0.29) is 11.9 Å². The highest BCUT2D eigenvalue weighted by Crippen LogP contribution is 2.35. The Morgan fingerprint density at radius 2 is 2.30 bits per heavy atom. The summed E-state index contributed by atoms with van der Waals surface area (Å²) in [6.07, 6.45) is 2.41. The number of methoxy groups -OCH3 is 1. The molecule has 1 N–H and O–H groups in total. The minimum Gasteiger partial charge on any atom is -0.383 e. The van der Waals surface area contributed by atoms with Crippen molar-refractivity contribution in [2.75, 3.05) is 32.1 Å². The number of aromatic nitrogens is 2. The third-order valence-corrected chi connectivity index (χ3v) is 4.40. The van der Waals surface area contributed by atoms with Crippen LogP contribution in [-0.4, -0.2) is 53.9 Å². The van der Waals surface area contributed by atoms with Gasteiger partial charge in [0.1, 0.15) is 0 Å². The predicted molar refractivity (Wildman–Crippen MR) is 79.2 cm³/mol. The van der Waals surface area contributed by atoms with E-state index in [1.807, 2.05) is 11.8 Å². The summed E-state index contributed by atoms with van der Waals surface area (Å²) in [6.45, 7) is 6.01. The van der Waals surface area contributed by atoms with Crippen LogP contribution < -0.4 is 5.32 Å². The summed E-state index contributed by atoms with van der Waals surface area (Å²) in [5.74, 6) is 0.583. The van der Waals surface area contributed by atoms with E-state index in [1.54, 1.807) is 7.11 Å². The highest BCUT2D eigenvalue weighted by molar-refractivity contribution is 7.17. The molecule has 1 aliphatic carbocycles. The highest BCUT2D eigenvalue weighted by atomic mass is 32.1. The fourth-order valence-electron chi connectivity index (χ4n) is 2.17. The molecule has 7 heteroatoms. The third-order valence-electron chi connectivity index (χ3n) is 3.53. The van der Waals surface area contributed by atoms with Crippen LogP contribution in [0.5, 0.6) is 0 Å². The molecule has 1 aromatic rings. The van der Waals surface area contributed by atoms with E-state index in [4.69, 9.17) is 4.74 Å². The van der Waals surface area contributed by atoms with Crippen LogP contribution in [0.4, 0.5) is 5.13 Å². The van der Waals surface area contributed by atoms with Gasteiger partial charge in [0.05, 0.1) is 6.61 Å². The van der Waals surface area contributed by atoms with Crippen LogP contribution in [0.3, 0.4) is 0 Å². The molecule has 1 amide bonds. The molecule has 2 rings (SSSR count). The van der Waals surface area contributed by atoms with Gasteiger partial charge in [-0.2, -0.15) is 0 Å². The molecule has 1 aromatic heterocycles. The fourth-order valence-corrected chi connectivity index (χ4v) is 2.94. The second-order valence-corrected chi connectivity index (χ2v) is 5.99. The van der Waals surface area contributed by atoms with Crippen molar-refractivity contribution in [1.29, 1.82) is 0 Å². The molecule has 0 radical (unpaired) electrons. The molecule has 0 bridgehead atoms. The Kier molecular flexibility index (Phi) is 5.31. The number of hydrogen-bond acceptors (Lipinski definition) is 6. The number of nitrogens with one attached hydrogen (secondary N) is 1. The maximum atomic E-state index is 12.6. The number of carbonyl (C=O) groups is 1. The largest absolute Gasteiger partial charge is 0.383 e. The number of carbonyl (C=O) groups excluding carboxylic acids is 1. The topological polar surface area (TPSA) is 67.4 Å². The lowest BCUT2D eigenvalue weighted by Crippen LogP contribution is -2.42. The van der Waals surface area contributed by atoms with Gasteiger partial charge in [0.2, 0.25) is 10.1 Å². The quantitative estimate of drug-likeness (QED) is 0.793. The molecular weight excluding hydrogens is 276 g/mol. The molecule has 0 aromatic carbocycles. The lowest BCUT2D eigenvalue weighted by atomic mass is 10.2. The van der Waals surface area contributed by atoms with Crippen LogP contribution in [0.25, 0.3) is 0 Å². The van der Waals surface area contributed by atoms with Gasteiger partial charge in [0, 0.05) is 26.2 Å². The standard InChI is InChI=1S/C13H22N4O2S/c1-4-14-13-16-15-11(20-13)12(18)17(7-8-19-3)9(2)10-5-6-10/h9-10H,4-8H2,1-3H3,(H,14,16). The van der Waals surface area contributed by atoms with Gasteiger partial charge >= 0.3 is 0 Å². The zero-order valence-corrected chi connectivity index (χ0v) is 13.1. The fraction of sp³-hybridized carbons (Fsp3) is 0.769. The smallest absolute Gasteiger partial charge is 0.285 e. The molecule has 112 valence electrons. The average Bonchev–Trinajstić information content (AvgIpc) is 3.19. The molecule has 6 nitrogen and oxygen atoms in total. The Balaban J connectivity index is 2.07. The first kappa shape index (κ1) is 15.2. The van der Waals surface area contributed by atoms with Crippen molar-refractivity contribution in [3.05, 3.63) is 5.01 Å². The summed E-state index contributed by atoms with van der Waals surface area (Å²) >= 11 is 1.31. The van der Waals surface area contributed by atoms with Gasteiger partial charge in [-0.1, -0.05) is 11.3 Å². The summed E-state index contributed by atoms with van der Waals surface area (Å²) in [7, 11) is 1.65. The highest BCUT2D eigenvalue weighted by Gasteiger charge is 2.35. The molecule has 1 saturated carbocycles. The minimum atomic E-state index is -0.0388. The summed E-state index contributed by atoms with van der Waals surface area (Å²) in [6, 6.07) is 0.240. The summed E-state index contributed by atoms with van der Waals surface area (Å²) in [4.78, 5) is 14.5. The van der Waals surface area contributed by atoms with Gasteiger partial charge in [0.25, 0.3) is 5.91 Å². The Labute approximate surface area is 123 Å². The molecule has 20 heavy (non-hydrogen) atoms. The van der Waals surface area contributed by atoms with E-state index < -0.39 is 0 Å². The van der Waals surface area contributed by atoms with Crippen LogP contribution in [-0.2, 0) is 4.74 Å². The van der Waals surface area contributed by atoms with Crippen molar-refractivity contribution in [2.24, 2.45) is 5.92 Å². The first-order chi connectivity index (χ1) is 9.67. The Morgan fingerprint density at radius 3 is 2.90 bits per heavy atom. The number of nitrogens with zero attached hydrogens (tertiary/aromatic N) is 3. The molecule has 1 unspecified atom stereocenters. The van der Waals surface area contributed by atoms with Crippen LogP contribution in [0.1, 0.15) is 36.5 Å². The normalized spacial score (nSPS) is 15.9. The number of rotatable bonds is 8. The van der Waals surface area contributed by atoms with Gasteiger partial charge in [-0.15, -0.1) is 10.2 Å². The number of anilines is 1. The molecule has 1 heterocycles. The average molecular weight is 298 g/mol. The van der Waals surface area contributed by atoms with E-state index in [1.165, 1.54) is 24.2 Å². The van der Waals surface area contributed by atoms with Gasteiger partial charge in [0.15, 0.2) is 0 Å². The van der Waals surface area contributed by atoms with Crippen molar-refractivity contribution in [2.45, 2.75) is 32.7 Å². The molecule has 1 aliphatic rings. The van der Waals surface area contributed by atoms with Crippen molar-refractivity contribution < 1.29 is 9.53 Å². The van der Waals surface area contributed by atoms with E-state index in [9.17, 15) is 4.79 Å². The van der Waals surface area contributed by atoms with Crippen LogP contribution in [0.2, 0.25) is 0 Å². The Hall–Kier alpha value is -1.21. The second-order valence-electron chi connectivity index (χ2n) is 5.01. The first-order valence-corrected chi connectivity index (χ1v) is 7.86. The zero-order chi connectivity index (χ0) is 14.5. The summed E-state index contributed by atoms with van der Waals surface area (Å²) in [5, 5.41) is 12.2. The second kappa shape index (κ2) is 6.99. The van der Waals surface area contributed by atoms with Gasteiger partial charge < -0.3 is 15.0 Å². The third kappa shape index (κ3) is 3.67. The van der Waals surface area contributed by atoms with Crippen LogP contribution in [0, 0.1) is 5.92 Å². The monoisotopic (exact) mass is 298 g/mol. The van der Waals surface area contributed by atoms with Crippen molar-refractivity contribution in [3.8, 4) is 0 Å². The Bertz CT molecular complexity index is 447. The molecule has 1 atom stereocenters. The molecule has 0 spiro atoms. The SMILES string of the molecule is CCNc1nnc(C(=O)N(CCOC)C(C)C2CC2)s1. The van der Waals surface area contributed by atoms with Gasteiger partial charge in [-0.25, -0.2) is 0 Å². The molecule has 1 fully saturated rings. The summed E-state index contributed by atoms with van der Waals surface area (Å²) in [5.41, 5.74) is 0. The van der Waals surface area contributed by atoms with Crippen LogP contribution in [0.15, 0.2) is 0 Å². The van der Waals surface area contributed by atoms with Crippen LogP contribution >= 0.6 is 11.3 Å². The maximum absolute atomic E-state index is 12.6. The van der Waals surface area contributed by atoms with E-state index >= 15 is 0 Å².